The largest absolute Gasteiger partial charge is 0.393 e. The fraction of sp³-hybridized carbons (Fsp3) is 0.933. The van der Waals surface area contributed by atoms with Gasteiger partial charge < -0.3 is 20.4 Å². The lowest BCUT2D eigenvalue weighted by Crippen LogP contribution is -2.64. The van der Waals surface area contributed by atoms with E-state index in [2.05, 4.69) is 0 Å². The molecular weight excluding hydrogens is 260 g/mol. The van der Waals surface area contributed by atoms with Gasteiger partial charge in [0.05, 0.1) is 23.9 Å². The number of hydrogen-bond acceptors (Lipinski definition) is 5. The summed E-state index contributed by atoms with van der Waals surface area (Å²) in [6.45, 7) is 4.50. The van der Waals surface area contributed by atoms with E-state index in [0.717, 1.165) is 0 Å². The van der Waals surface area contributed by atoms with Gasteiger partial charge in [0.2, 0.25) is 0 Å². The van der Waals surface area contributed by atoms with Gasteiger partial charge in [-0.2, -0.15) is 0 Å². The van der Waals surface area contributed by atoms with Crippen LogP contribution in [0.15, 0.2) is 0 Å². The second-order valence-electron chi connectivity index (χ2n) is 7.33. The van der Waals surface area contributed by atoms with Gasteiger partial charge in [0.15, 0.2) is 0 Å². The van der Waals surface area contributed by atoms with Crippen molar-refractivity contribution >= 4 is 5.78 Å². The molecule has 1 unspecified atom stereocenters. The molecule has 0 saturated heterocycles. The van der Waals surface area contributed by atoms with Gasteiger partial charge in [-0.1, -0.05) is 6.92 Å². The molecule has 2 saturated carbocycles. The van der Waals surface area contributed by atoms with Gasteiger partial charge in [0.25, 0.3) is 0 Å². The monoisotopic (exact) mass is 286 g/mol. The second-order valence-corrected chi connectivity index (χ2v) is 7.33. The maximum absolute atomic E-state index is 12.3. The summed E-state index contributed by atoms with van der Waals surface area (Å²) in [6, 6.07) is 0. The average molecular weight is 286 g/mol. The zero-order valence-corrected chi connectivity index (χ0v) is 12.5. The van der Waals surface area contributed by atoms with Crippen LogP contribution in [0.2, 0.25) is 0 Å². The van der Waals surface area contributed by atoms with Crippen molar-refractivity contribution in [2.75, 3.05) is 6.61 Å². The zero-order chi connectivity index (χ0) is 15.3. The SMILES string of the molecule is C[C@]1(O)CCC(=O)[C@]2(C)CC[C@@H]([C@](C)(O)CO)[C@@H](O)C12. The van der Waals surface area contributed by atoms with Crippen molar-refractivity contribution in [1.82, 2.24) is 0 Å². The highest BCUT2D eigenvalue weighted by atomic mass is 16.3. The number of Topliss-reactive ketones (excluding diaryl/α,β-unsaturated/α-hetero) is 1. The van der Waals surface area contributed by atoms with Gasteiger partial charge >= 0.3 is 0 Å². The van der Waals surface area contributed by atoms with E-state index >= 15 is 0 Å². The van der Waals surface area contributed by atoms with Crippen LogP contribution in [0.3, 0.4) is 0 Å². The van der Waals surface area contributed by atoms with E-state index in [4.69, 9.17) is 0 Å². The average Bonchev–Trinajstić information content (AvgIpc) is 2.34. The highest BCUT2D eigenvalue weighted by Crippen LogP contribution is 2.55. The molecule has 2 rings (SSSR count). The summed E-state index contributed by atoms with van der Waals surface area (Å²) < 4.78 is 0. The molecule has 6 atom stereocenters. The molecular formula is C15H26O5. The molecule has 0 aromatic carbocycles. The number of carbonyl (C=O) groups is 1. The molecule has 5 heteroatoms. The van der Waals surface area contributed by atoms with Gasteiger partial charge in [-0.3, -0.25) is 4.79 Å². The van der Waals surface area contributed by atoms with Crippen molar-refractivity contribution in [3.8, 4) is 0 Å². The maximum Gasteiger partial charge on any atom is 0.139 e. The predicted molar refractivity (Wildman–Crippen MR) is 72.9 cm³/mol. The minimum absolute atomic E-state index is 0.0789. The number of fused-ring (bicyclic) bond motifs is 1. The fourth-order valence-electron chi connectivity index (χ4n) is 4.36. The molecule has 4 N–H and O–H groups in total. The highest BCUT2D eigenvalue weighted by molar-refractivity contribution is 5.86. The van der Waals surface area contributed by atoms with Crippen LogP contribution < -0.4 is 0 Å². The first-order valence-electron chi connectivity index (χ1n) is 7.33. The normalized spacial score (nSPS) is 48.5. The lowest BCUT2D eigenvalue weighted by atomic mass is 9.50. The van der Waals surface area contributed by atoms with Crippen LogP contribution >= 0.6 is 0 Å². The Balaban J connectivity index is 2.39. The van der Waals surface area contributed by atoms with Crippen molar-refractivity contribution in [1.29, 1.82) is 0 Å². The summed E-state index contributed by atoms with van der Waals surface area (Å²) in [5, 5.41) is 40.9. The first-order chi connectivity index (χ1) is 9.06. The molecule has 5 nitrogen and oxygen atoms in total. The Hall–Kier alpha value is -0.490. The van der Waals surface area contributed by atoms with Gasteiger partial charge in [0, 0.05) is 23.7 Å². The minimum atomic E-state index is -1.41. The van der Waals surface area contributed by atoms with Crippen LogP contribution in [-0.2, 0) is 4.79 Å². The van der Waals surface area contributed by atoms with E-state index in [1.807, 2.05) is 0 Å². The Bertz CT molecular complexity index is 403. The summed E-state index contributed by atoms with van der Waals surface area (Å²) in [5.74, 6) is -1.06. The molecule has 0 radical (unpaired) electrons. The Morgan fingerprint density at radius 3 is 2.50 bits per heavy atom. The lowest BCUT2D eigenvalue weighted by Gasteiger charge is -2.56. The third-order valence-electron chi connectivity index (χ3n) is 5.70. The first-order valence-corrected chi connectivity index (χ1v) is 7.33. The lowest BCUT2D eigenvalue weighted by molar-refractivity contribution is -0.208. The van der Waals surface area contributed by atoms with E-state index in [0.29, 0.717) is 25.7 Å². The van der Waals surface area contributed by atoms with Crippen molar-refractivity contribution in [2.24, 2.45) is 17.3 Å². The molecule has 0 bridgehead atoms. The van der Waals surface area contributed by atoms with E-state index in [1.165, 1.54) is 6.92 Å². The smallest absolute Gasteiger partial charge is 0.139 e. The third kappa shape index (κ3) is 2.21. The highest BCUT2D eigenvalue weighted by Gasteiger charge is 2.61. The molecule has 0 amide bonds. The number of carbonyl (C=O) groups excluding carboxylic acids is 1. The Kier molecular flexibility index (Phi) is 3.79. The zero-order valence-electron chi connectivity index (χ0n) is 12.5. The van der Waals surface area contributed by atoms with Gasteiger partial charge in [-0.15, -0.1) is 0 Å². The molecule has 2 fully saturated rings. The topological polar surface area (TPSA) is 98.0 Å². The van der Waals surface area contributed by atoms with E-state index < -0.39 is 41.2 Å². The quantitative estimate of drug-likeness (QED) is 0.583. The molecule has 0 aromatic rings. The molecule has 0 heterocycles. The molecule has 2 aliphatic rings. The van der Waals surface area contributed by atoms with Gasteiger partial charge in [0.1, 0.15) is 5.78 Å². The minimum Gasteiger partial charge on any atom is -0.393 e. The summed E-state index contributed by atoms with van der Waals surface area (Å²) in [5.41, 5.74) is -3.28. The summed E-state index contributed by atoms with van der Waals surface area (Å²) >= 11 is 0. The van der Waals surface area contributed by atoms with Crippen LogP contribution in [0.1, 0.15) is 46.5 Å². The second kappa shape index (κ2) is 4.77. The molecule has 0 aromatic heterocycles. The fourth-order valence-corrected chi connectivity index (χ4v) is 4.36. The van der Waals surface area contributed by atoms with Crippen molar-refractivity contribution < 1.29 is 25.2 Å². The Morgan fingerprint density at radius 1 is 1.35 bits per heavy atom. The number of aliphatic hydroxyl groups is 4. The summed E-state index contributed by atoms with van der Waals surface area (Å²) in [6.07, 6.45) is 0.633. The van der Waals surface area contributed by atoms with E-state index in [1.54, 1.807) is 13.8 Å². The van der Waals surface area contributed by atoms with Gasteiger partial charge in [-0.25, -0.2) is 0 Å². The number of hydrogen-bond donors (Lipinski definition) is 4. The molecule has 0 aliphatic heterocycles. The Morgan fingerprint density at radius 2 is 1.95 bits per heavy atom. The number of rotatable bonds is 2. The molecule has 20 heavy (non-hydrogen) atoms. The van der Waals surface area contributed by atoms with Crippen LogP contribution in [0.5, 0.6) is 0 Å². The van der Waals surface area contributed by atoms with Crippen molar-refractivity contribution in [2.45, 2.75) is 63.8 Å². The van der Waals surface area contributed by atoms with Crippen molar-refractivity contribution in [3.63, 3.8) is 0 Å². The number of ketones is 1. The molecule has 0 spiro atoms. The standard InChI is InChI=1S/C15H26O5/c1-13-6-4-9(15(3,20)8-16)11(18)12(13)14(2,19)7-5-10(13)17/h9,11-12,16,18-20H,4-8H2,1-3H3/t9-,11-,12?,13+,14+,15-/m1/s1. The van der Waals surface area contributed by atoms with Crippen molar-refractivity contribution in [3.05, 3.63) is 0 Å². The van der Waals surface area contributed by atoms with Crippen LogP contribution in [-0.4, -0.2) is 50.1 Å². The van der Waals surface area contributed by atoms with E-state index in [-0.39, 0.29) is 5.78 Å². The van der Waals surface area contributed by atoms with Crippen LogP contribution in [0.4, 0.5) is 0 Å². The predicted octanol–water partition coefficient (Wildman–Crippen LogP) is 0.237. The maximum atomic E-state index is 12.3. The molecule has 116 valence electrons. The van der Waals surface area contributed by atoms with E-state index in [9.17, 15) is 25.2 Å². The molecule has 2 aliphatic carbocycles. The summed E-state index contributed by atoms with van der Waals surface area (Å²) in [4.78, 5) is 12.3. The summed E-state index contributed by atoms with van der Waals surface area (Å²) in [7, 11) is 0. The Labute approximate surface area is 119 Å². The number of aliphatic hydroxyl groups excluding tert-OH is 2. The first kappa shape index (κ1) is 15.9. The third-order valence-corrected chi connectivity index (χ3v) is 5.70. The van der Waals surface area contributed by atoms with Crippen LogP contribution in [0, 0.1) is 17.3 Å². The van der Waals surface area contributed by atoms with Crippen LogP contribution in [0.25, 0.3) is 0 Å². The van der Waals surface area contributed by atoms with Gasteiger partial charge in [-0.05, 0) is 33.1 Å².